The maximum Gasteiger partial charge on any atom is 0.295 e. The van der Waals surface area contributed by atoms with Gasteiger partial charge in [-0.25, -0.2) is 0 Å². The minimum Gasteiger partial charge on any atom is -0.324 e. The van der Waals surface area contributed by atoms with Crippen molar-refractivity contribution in [1.29, 1.82) is 0 Å². The van der Waals surface area contributed by atoms with Crippen molar-refractivity contribution in [3.8, 4) is 11.4 Å². The topological polar surface area (TPSA) is 91.2 Å². The fourth-order valence-corrected chi connectivity index (χ4v) is 3.91. The van der Waals surface area contributed by atoms with Gasteiger partial charge in [0.15, 0.2) is 5.82 Å². The molecule has 1 aromatic heterocycles. The first-order valence-electron chi connectivity index (χ1n) is 9.32. The van der Waals surface area contributed by atoms with Crippen LogP contribution in [0.15, 0.2) is 59.1 Å². The Labute approximate surface area is 176 Å². The highest BCUT2D eigenvalue weighted by atomic mass is 32.1. The summed E-state index contributed by atoms with van der Waals surface area (Å²) in [5, 5.41) is 8.70. The Bertz CT molecular complexity index is 1390. The van der Waals surface area contributed by atoms with Gasteiger partial charge in [0.2, 0.25) is 11.8 Å². The molecule has 5 rings (SSSR count). The van der Waals surface area contributed by atoms with Crippen molar-refractivity contribution in [2.24, 2.45) is 0 Å². The fraction of sp³-hybridized carbons (Fsp3) is 0.0909. The van der Waals surface area contributed by atoms with Crippen molar-refractivity contribution < 1.29 is 14.1 Å². The predicted octanol–water partition coefficient (Wildman–Crippen LogP) is 4.87. The van der Waals surface area contributed by atoms with Gasteiger partial charge in [0.05, 0.1) is 11.4 Å². The molecule has 3 aromatic carbocycles. The normalized spacial score (nSPS) is 13.8. The summed E-state index contributed by atoms with van der Waals surface area (Å²) in [5.41, 5.74) is 3.51. The predicted molar refractivity (Wildman–Crippen MR) is 116 cm³/mol. The van der Waals surface area contributed by atoms with Gasteiger partial charge in [-0.05, 0) is 54.4 Å². The molecule has 0 fully saturated rings. The smallest absolute Gasteiger partial charge is 0.295 e. The summed E-state index contributed by atoms with van der Waals surface area (Å²) in [4.78, 5) is 30.2. The molecule has 2 heterocycles. The van der Waals surface area contributed by atoms with Crippen LogP contribution in [0.1, 0.15) is 12.0 Å². The van der Waals surface area contributed by atoms with Crippen LogP contribution in [0.5, 0.6) is 0 Å². The number of benzene rings is 3. The SMILES string of the molecule is Cc1cc(-c2noc(=S)[nH]2)cc(N2C(=O)CC(=O)Nc3c2ccc2ccccc32)c1. The highest BCUT2D eigenvalue weighted by molar-refractivity contribution is 7.71. The van der Waals surface area contributed by atoms with Crippen LogP contribution in [-0.4, -0.2) is 22.0 Å². The van der Waals surface area contributed by atoms with E-state index in [1.165, 1.54) is 0 Å². The number of nitrogens with zero attached hydrogens (tertiary/aromatic N) is 2. The van der Waals surface area contributed by atoms with E-state index in [4.69, 9.17) is 16.7 Å². The van der Waals surface area contributed by atoms with Crippen LogP contribution in [0.3, 0.4) is 0 Å². The van der Waals surface area contributed by atoms with Crippen molar-refractivity contribution in [3.63, 3.8) is 0 Å². The van der Waals surface area contributed by atoms with E-state index in [1.807, 2.05) is 61.5 Å². The number of fused-ring (bicyclic) bond motifs is 3. The van der Waals surface area contributed by atoms with Gasteiger partial charge in [-0.2, -0.15) is 0 Å². The first-order chi connectivity index (χ1) is 14.5. The van der Waals surface area contributed by atoms with Crippen LogP contribution in [-0.2, 0) is 9.59 Å². The highest BCUT2D eigenvalue weighted by Crippen LogP contribution is 2.40. The number of aromatic nitrogens is 2. The summed E-state index contributed by atoms with van der Waals surface area (Å²) < 4.78 is 4.98. The van der Waals surface area contributed by atoms with E-state index < -0.39 is 0 Å². The molecule has 0 saturated carbocycles. The maximum absolute atomic E-state index is 13.1. The maximum atomic E-state index is 13.1. The van der Waals surface area contributed by atoms with E-state index >= 15 is 0 Å². The summed E-state index contributed by atoms with van der Waals surface area (Å²) in [6.07, 6.45) is -0.251. The summed E-state index contributed by atoms with van der Waals surface area (Å²) in [6.45, 7) is 1.93. The van der Waals surface area contributed by atoms with Gasteiger partial charge in [0, 0.05) is 16.6 Å². The molecular weight excluding hydrogens is 400 g/mol. The number of carbonyl (C=O) groups is 2. The third-order valence-corrected chi connectivity index (χ3v) is 5.18. The minimum atomic E-state index is -0.339. The van der Waals surface area contributed by atoms with Gasteiger partial charge in [-0.15, -0.1) is 0 Å². The number of aromatic amines is 1. The van der Waals surface area contributed by atoms with Crippen LogP contribution in [0.2, 0.25) is 0 Å². The molecule has 0 bridgehead atoms. The lowest BCUT2D eigenvalue weighted by Crippen LogP contribution is -2.26. The third kappa shape index (κ3) is 3.07. The van der Waals surface area contributed by atoms with Crippen molar-refractivity contribution in [3.05, 3.63) is 65.0 Å². The molecule has 4 aromatic rings. The van der Waals surface area contributed by atoms with Crippen molar-refractivity contribution >= 4 is 51.9 Å². The Kier molecular flexibility index (Phi) is 4.22. The van der Waals surface area contributed by atoms with Crippen molar-refractivity contribution in [2.45, 2.75) is 13.3 Å². The quantitative estimate of drug-likeness (QED) is 0.359. The van der Waals surface area contributed by atoms with Crippen LogP contribution in [0.4, 0.5) is 17.1 Å². The number of rotatable bonds is 2. The summed E-state index contributed by atoms with van der Waals surface area (Å²) in [7, 11) is 0. The van der Waals surface area contributed by atoms with Crippen LogP contribution in [0, 0.1) is 11.8 Å². The molecule has 2 N–H and O–H groups in total. The van der Waals surface area contributed by atoms with Gasteiger partial charge < -0.3 is 9.84 Å². The first-order valence-corrected chi connectivity index (χ1v) is 9.73. The zero-order valence-corrected chi connectivity index (χ0v) is 16.7. The number of anilines is 3. The first kappa shape index (κ1) is 18.3. The van der Waals surface area contributed by atoms with Gasteiger partial charge in [-0.1, -0.05) is 35.5 Å². The molecule has 1 aliphatic heterocycles. The molecule has 0 atom stereocenters. The minimum absolute atomic E-state index is 0.172. The largest absolute Gasteiger partial charge is 0.324 e. The average Bonchev–Trinajstić information content (AvgIpc) is 3.10. The molecule has 2 amide bonds. The number of carbonyl (C=O) groups excluding carboxylic acids is 2. The Morgan fingerprint density at radius 2 is 1.93 bits per heavy atom. The summed E-state index contributed by atoms with van der Waals surface area (Å²) in [5.74, 6) is -0.181. The Hall–Kier alpha value is -3.78. The molecule has 0 aliphatic carbocycles. The number of nitrogens with one attached hydrogen (secondary N) is 2. The van der Waals surface area contributed by atoms with Gasteiger partial charge in [0.25, 0.3) is 4.84 Å². The highest BCUT2D eigenvalue weighted by Gasteiger charge is 2.29. The summed E-state index contributed by atoms with van der Waals surface area (Å²) in [6, 6.07) is 17.2. The Morgan fingerprint density at radius 1 is 1.10 bits per heavy atom. The van der Waals surface area contributed by atoms with Crippen LogP contribution >= 0.6 is 12.2 Å². The van der Waals surface area contributed by atoms with E-state index in [9.17, 15) is 9.59 Å². The van der Waals surface area contributed by atoms with Crippen LogP contribution in [0.25, 0.3) is 22.2 Å². The number of H-pyrrole nitrogens is 1. The Morgan fingerprint density at radius 3 is 2.73 bits per heavy atom. The molecule has 0 saturated heterocycles. The number of hydrogen-bond donors (Lipinski definition) is 2. The van der Waals surface area contributed by atoms with E-state index in [2.05, 4.69) is 15.5 Å². The third-order valence-electron chi connectivity index (χ3n) is 5.01. The van der Waals surface area contributed by atoms with E-state index in [0.717, 1.165) is 21.9 Å². The second-order valence-corrected chi connectivity index (χ2v) is 7.51. The molecule has 148 valence electrons. The average molecular weight is 416 g/mol. The molecule has 0 radical (unpaired) electrons. The lowest BCUT2D eigenvalue weighted by Gasteiger charge is -2.24. The zero-order valence-electron chi connectivity index (χ0n) is 15.9. The lowest BCUT2D eigenvalue weighted by molar-refractivity contribution is -0.124. The standard InChI is InChI=1S/C22H16N4O3S/c1-12-8-14(21-24-22(30)29-25-21)10-15(9-12)26-17-7-6-13-4-2-3-5-16(13)20(17)23-18(27)11-19(26)28/h2-10H,11H2,1H3,(H,23,27)(H,24,25,30). The number of hydrogen-bond acceptors (Lipinski definition) is 5. The molecule has 0 unspecified atom stereocenters. The van der Waals surface area contributed by atoms with E-state index in [-0.39, 0.29) is 23.1 Å². The van der Waals surface area contributed by atoms with Gasteiger partial charge >= 0.3 is 0 Å². The van der Waals surface area contributed by atoms with E-state index in [0.29, 0.717) is 22.9 Å². The molecule has 8 heteroatoms. The Balaban J connectivity index is 1.74. The molecule has 30 heavy (non-hydrogen) atoms. The monoisotopic (exact) mass is 416 g/mol. The molecular formula is C22H16N4O3S. The van der Waals surface area contributed by atoms with Gasteiger partial charge in [-0.3, -0.25) is 19.5 Å². The second kappa shape index (κ2) is 6.93. The number of aryl methyl sites for hydroxylation is 1. The summed E-state index contributed by atoms with van der Waals surface area (Å²) >= 11 is 4.98. The van der Waals surface area contributed by atoms with Crippen molar-refractivity contribution in [1.82, 2.24) is 10.1 Å². The van der Waals surface area contributed by atoms with E-state index in [1.54, 1.807) is 4.90 Å². The lowest BCUT2D eigenvalue weighted by atomic mass is 10.0. The van der Waals surface area contributed by atoms with Crippen molar-refractivity contribution in [2.75, 3.05) is 10.2 Å². The number of amides is 2. The molecule has 7 nitrogen and oxygen atoms in total. The van der Waals surface area contributed by atoms with Crippen LogP contribution < -0.4 is 10.2 Å². The molecule has 1 aliphatic rings. The molecule has 0 spiro atoms. The van der Waals surface area contributed by atoms with Gasteiger partial charge in [0.1, 0.15) is 6.42 Å². The fourth-order valence-electron chi connectivity index (χ4n) is 3.78. The zero-order chi connectivity index (χ0) is 20.8. The second-order valence-electron chi connectivity index (χ2n) is 7.14.